The number of hydrogen-bond acceptors (Lipinski definition) is 3. The molecule has 0 aromatic heterocycles. The summed E-state index contributed by atoms with van der Waals surface area (Å²) in [5.41, 5.74) is 0. The van der Waals surface area contributed by atoms with Gasteiger partial charge in [0.15, 0.2) is 0 Å². The van der Waals surface area contributed by atoms with Crippen molar-refractivity contribution in [1.82, 2.24) is 0 Å². The summed E-state index contributed by atoms with van der Waals surface area (Å²) >= 11 is 5.62. The lowest BCUT2D eigenvalue weighted by atomic mass is 10.2. The molecular weight excluding hydrogens is 304 g/mol. The second-order valence-electron chi connectivity index (χ2n) is 5.59. The summed E-state index contributed by atoms with van der Waals surface area (Å²) in [5.74, 6) is 0.0593. The van der Waals surface area contributed by atoms with Gasteiger partial charge in [0.05, 0.1) is 0 Å². The van der Waals surface area contributed by atoms with Crippen LogP contribution in [0.4, 0.5) is 0 Å². The molecule has 132 valence electrons. The number of carboxylic acid groups (broad SMARTS) is 1. The second kappa shape index (κ2) is 18.7. The summed E-state index contributed by atoms with van der Waals surface area (Å²) in [4.78, 5) is 10.3. The van der Waals surface area contributed by atoms with Crippen LogP contribution < -0.4 is 0 Å². The Morgan fingerprint density at radius 3 is 1.55 bits per heavy atom. The molecule has 4 nitrogen and oxygen atoms in total. The Morgan fingerprint density at radius 1 is 0.682 bits per heavy atom. The van der Waals surface area contributed by atoms with Crippen molar-refractivity contribution in [3.05, 3.63) is 0 Å². The molecule has 0 spiro atoms. The van der Waals surface area contributed by atoms with Crippen molar-refractivity contribution in [2.24, 2.45) is 0 Å². The highest BCUT2D eigenvalue weighted by Crippen LogP contribution is 2.03. The van der Waals surface area contributed by atoms with E-state index >= 15 is 0 Å². The van der Waals surface area contributed by atoms with Crippen LogP contribution in [-0.2, 0) is 14.3 Å². The van der Waals surface area contributed by atoms with E-state index in [4.69, 9.17) is 26.2 Å². The van der Waals surface area contributed by atoms with E-state index in [0.717, 1.165) is 83.7 Å². The summed E-state index contributed by atoms with van der Waals surface area (Å²) < 4.78 is 11.1. The van der Waals surface area contributed by atoms with E-state index in [0.29, 0.717) is 0 Å². The SMILES string of the molecule is O=C(O)CCCCCOCCCCCOCCCCCCCl. The fourth-order valence-corrected chi connectivity index (χ4v) is 2.29. The molecule has 0 rings (SSSR count). The normalized spacial score (nSPS) is 11.0. The van der Waals surface area contributed by atoms with Gasteiger partial charge in [-0.3, -0.25) is 4.79 Å². The molecule has 1 N–H and O–H groups in total. The zero-order valence-electron chi connectivity index (χ0n) is 13.9. The molecule has 0 aliphatic carbocycles. The molecule has 0 radical (unpaired) electrons. The van der Waals surface area contributed by atoms with Gasteiger partial charge in [0.25, 0.3) is 0 Å². The highest BCUT2D eigenvalue weighted by atomic mass is 35.5. The van der Waals surface area contributed by atoms with Crippen LogP contribution in [0.15, 0.2) is 0 Å². The number of alkyl halides is 1. The van der Waals surface area contributed by atoms with E-state index < -0.39 is 5.97 Å². The van der Waals surface area contributed by atoms with Crippen LogP contribution in [0, 0.1) is 0 Å². The van der Waals surface area contributed by atoms with Crippen molar-refractivity contribution >= 4 is 17.6 Å². The van der Waals surface area contributed by atoms with E-state index in [-0.39, 0.29) is 6.42 Å². The molecule has 0 saturated heterocycles. The Bertz CT molecular complexity index is 237. The van der Waals surface area contributed by atoms with Crippen LogP contribution in [0.3, 0.4) is 0 Å². The largest absolute Gasteiger partial charge is 0.481 e. The minimum absolute atomic E-state index is 0.271. The third-order valence-electron chi connectivity index (χ3n) is 3.43. The fourth-order valence-electron chi connectivity index (χ4n) is 2.10. The van der Waals surface area contributed by atoms with Crippen molar-refractivity contribution in [2.45, 2.75) is 70.6 Å². The molecule has 0 unspecified atom stereocenters. The Morgan fingerprint density at radius 2 is 1.09 bits per heavy atom. The maximum Gasteiger partial charge on any atom is 0.303 e. The minimum atomic E-state index is -0.710. The predicted molar refractivity (Wildman–Crippen MR) is 90.8 cm³/mol. The zero-order valence-corrected chi connectivity index (χ0v) is 14.6. The maximum atomic E-state index is 10.3. The minimum Gasteiger partial charge on any atom is -0.481 e. The summed E-state index contributed by atoms with van der Waals surface area (Å²) in [5, 5.41) is 8.49. The monoisotopic (exact) mass is 336 g/mol. The lowest BCUT2D eigenvalue weighted by molar-refractivity contribution is -0.137. The van der Waals surface area contributed by atoms with E-state index in [1.54, 1.807) is 0 Å². The van der Waals surface area contributed by atoms with Gasteiger partial charge >= 0.3 is 5.97 Å². The Hall–Kier alpha value is -0.320. The van der Waals surface area contributed by atoms with Crippen molar-refractivity contribution in [1.29, 1.82) is 0 Å². The smallest absolute Gasteiger partial charge is 0.303 e. The molecule has 22 heavy (non-hydrogen) atoms. The van der Waals surface area contributed by atoms with Gasteiger partial charge in [0.2, 0.25) is 0 Å². The van der Waals surface area contributed by atoms with Crippen LogP contribution in [0.25, 0.3) is 0 Å². The third-order valence-corrected chi connectivity index (χ3v) is 3.70. The van der Waals surface area contributed by atoms with Crippen molar-refractivity contribution in [3.63, 3.8) is 0 Å². The number of carboxylic acids is 1. The van der Waals surface area contributed by atoms with Crippen LogP contribution in [0.5, 0.6) is 0 Å². The van der Waals surface area contributed by atoms with E-state index in [2.05, 4.69) is 0 Å². The molecule has 0 amide bonds. The Balaban J connectivity index is 2.95. The first-order valence-electron chi connectivity index (χ1n) is 8.70. The summed E-state index contributed by atoms with van der Waals surface area (Å²) in [6, 6.07) is 0. The predicted octanol–water partition coefficient (Wildman–Crippen LogP) is 4.63. The van der Waals surface area contributed by atoms with E-state index in [1.165, 1.54) is 12.8 Å². The molecule has 0 atom stereocenters. The number of halogens is 1. The van der Waals surface area contributed by atoms with Gasteiger partial charge < -0.3 is 14.6 Å². The molecule has 0 aliphatic heterocycles. The van der Waals surface area contributed by atoms with Gasteiger partial charge in [-0.25, -0.2) is 0 Å². The van der Waals surface area contributed by atoms with Crippen molar-refractivity contribution in [3.8, 4) is 0 Å². The highest BCUT2D eigenvalue weighted by molar-refractivity contribution is 6.17. The highest BCUT2D eigenvalue weighted by Gasteiger charge is 1.97. The van der Waals surface area contributed by atoms with Crippen LogP contribution in [-0.4, -0.2) is 43.4 Å². The average molecular weight is 337 g/mol. The maximum absolute atomic E-state index is 10.3. The van der Waals surface area contributed by atoms with E-state index in [1.807, 2.05) is 0 Å². The first-order chi connectivity index (χ1) is 10.8. The number of aliphatic carboxylic acids is 1. The van der Waals surface area contributed by atoms with Crippen LogP contribution in [0.1, 0.15) is 70.6 Å². The molecule has 0 saturated carbocycles. The van der Waals surface area contributed by atoms with Gasteiger partial charge in [0.1, 0.15) is 0 Å². The number of unbranched alkanes of at least 4 members (excludes halogenated alkanes) is 7. The molecule has 0 aliphatic rings. The number of ether oxygens (including phenoxy) is 2. The van der Waals surface area contributed by atoms with Gasteiger partial charge in [-0.15, -0.1) is 11.6 Å². The number of rotatable bonds is 18. The first-order valence-corrected chi connectivity index (χ1v) is 9.24. The van der Waals surface area contributed by atoms with Gasteiger partial charge in [-0.2, -0.15) is 0 Å². The average Bonchev–Trinajstić information content (AvgIpc) is 2.50. The van der Waals surface area contributed by atoms with Gasteiger partial charge in [0, 0.05) is 38.7 Å². The second-order valence-corrected chi connectivity index (χ2v) is 5.97. The molecule has 0 aromatic rings. The quantitative estimate of drug-likeness (QED) is 0.293. The molecule has 0 bridgehead atoms. The number of carbonyl (C=O) groups is 1. The van der Waals surface area contributed by atoms with Crippen molar-refractivity contribution in [2.75, 3.05) is 32.3 Å². The van der Waals surface area contributed by atoms with Gasteiger partial charge in [-0.05, 0) is 44.9 Å². The summed E-state index contributed by atoms with van der Waals surface area (Å²) in [6.07, 6.45) is 10.9. The molecule has 0 aromatic carbocycles. The molecular formula is C17H33ClO4. The van der Waals surface area contributed by atoms with Crippen LogP contribution in [0.2, 0.25) is 0 Å². The standard InChI is InChI=1S/C17H33ClO4/c18-12-6-1-2-7-13-21-15-9-4-10-16-22-14-8-3-5-11-17(19)20/h1-16H2,(H,19,20). The Labute approximate surface area is 140 Å². The van der Waals surface area contributed by atoms with Crippen LogP contribution >= 0.6 is 11.6 Å². The van der Waals surface area contributed by atoms with E-state index in [9.17, 15) is 4.79 Å². The first kappa shape index (κ1) is 21.7. The molecule has 5 heteroatoms. The van der Waals surface area contributed by atoms with Crippen molar-refractivity contribution < 1.29 is 19.4 Å². The van der Waals surface area contributed by atoms with Gasteiger partial charge in [-0.1, -0.05) is 19.3 Å². The Kier molecular flexibility index (Phi) is 18.5. The molecule has 0 heterocycles. The third kappa shape index (κ3) is 19.7. The fraction of sp³-hybridized carbons (Fsp3) is 0.941. The number of hydrogen-bond donors (Lipinski definition) is 1. The lowest BCUT2D eigenvalue weighted by Gasteiger charge is -2.05. The lowest BCUT2D eigenvalue weighted by Crippen LogP contribution is -2.00. The summed E-state index contributed by atoms with van der Waals surface area (Å²) in [7, 11) is 0. The summed E-state index contributed by atoms with van der Waals surface area (Å²) in [6.45, 7) is 3.27. The topological polar surface area (TPSA) is 55.8 Å². The molecule has 0 fully saturated rings. The zero-order chi connectivity index (χ0) is 16.3.